The third-order valence-corrected chi connectivity index (χ3v) is 4.64. The van der Waals surface area contributed by atoms with Gasteiger partial charge in [-0.15, -0.1) is 0 Å². The number of rotatable bonds is 6. The molecule has 12 heteroatoms. The lowest BCUT2D eigenvalue weighted by molar-refractivity contribution is -0.137. The number of aliphatic hydroxyl groups is 1. The number of nitrogens with two attached hydrogens (primary N) is 1. The van der Waals surface area contributed by atoms with E-state index in [4.69, 9.17) is 14.9 Å². The van der Waals surface area contributed by atoms with E-state index in [2.05, 4.69) is 20.9 Å². The van der Waals surface area contributed by atoms with Crippen molar-refractivity contribution in [2.75, 3.05) is 6.61 Å². The van der Waals surface area contributed by atoms with E-state index >= 15 is 0 Å². The third-order valence-electron chi connectivity index (χ3n) is 4.10. The van der Waals surface area contributed by atoms with Crippen LogP contribution in [0, 0.1) is 11.6 Å². The van der Waals surface area contributed by atoms with Crippen molar-refractivity contribution < 1.29 is 41.0 Å². The quantitative estimate of drug-likeness (QED) is 0.475. The van der Waals surface area contributed by atoms with Gasteiger partial charge in [-0.05, 0) is 40.2 Å². The Morgan fingerprint density at radius 3 is 2.39 bits per heavy atom. The lowest BCUT2D eigenvalue weighted by Gasteiger charge is -2.15. The molecule has 3 aromatic rings. The second kappa shape index (κ2) is 8.63. The molecular weight excluding hydrogens is 495 g/mol. The van der Waals surface area contributed by atoms with Gasteiger partial charge in [-0.3, -0.25) is 4.79 Å². The summed E-state index contributed by atoms with van der Waals surface area (Å²) in [7, 11) is 0. The van der Waals surface area contributed by atoms with E-state index in [0.717, 1.165) is 24.3 Å². The molecule has 0 unspecified atom stereocenters. The van der Waals surface area contributed by atoms with Gasteiger partial charge in [0.05, 0.1) is 12.2 Å². The Hall–Kier alpha value is -2.99. The number of hydrogen-bond acceptors (Lipinski definition) is 5. The first-order valence-corrected chi connectivity index (χ1v) is 9.21. The number of aromatic nitrogens is 1. The Morgan fingerprint density at radius 2 is 1.84 bits per heavy atom. The van der Waals surface area contributed by atoms with Gasteiger partial charge >= 0.3 is 6.18 Å². The van der Waals surface area contributed by atoms with Crippen molar-refractivity contribution in [1.29, 1.82) is 0 Å². The molecular formula is C19H12BrF5N2O4. The predicted molar refractivity (Wildman–Crippen MR) is 100.0 cm³/mol. The second-order valence-corrected chi connectivity index (χ2v) is 6.86. The Morgan fingerprint density at radius 1 is 1.19 bits per heavy atom. The Labute approximate surface area is 179 Å². The van der Waals surface area contributed by atoms with Gasteiger partial charge in [0, 0.05) is 5.56 Å². The number of amides is 1. The highest BCUT2D eigenvalue weighted by Gasteiger charge is 2.31. The minimum atomic E-state index is -4.51. The summed E-state index contributed by atoms with van der Waals surface area (Å²) in [6.45, 7) is -0.762. The fourth-order valence-corrected chi connectivity index (χ4v) is 3.10. The number of halogens is 6. The number of nitrogens with zero attached hydrogens (tertiary/aromatic N) is 1. The maximum Gasteiger partial charge on any atom is 0.416 e. The van der Waals surface area contributed by atoms with Gasteiger partial charge in [0.15, 0.2) is 22.3 Å². The van der Waals surface area contributed by atoms with E-state index in [1.807, 2.05) is 0 Å². The van der Waals surface area contributed by atoms with E-state index < -0.39 is 53.3 Å². The summed E-state index contributed by atoms with van der Waals surface area (Å²) in [5.74, 6) is -4.78. The number of hydrogen-bond donors (Lipinski definition) is 2. The smallest absolute Gasteiger partial charge is 0.416 e. The van der Waals surface area contributed by atoms with Crippen LogP contribution in [0.25, 0.3) is 11.3 Å². The molecule has 1 amide bonds. The molecule has 0 aliphatic heterocycles. The number of carbonyl (C=O) groups is 1. The zero-order chi connectivity index (χ0) is 22.9. The van der Waals surface area contributed by atoms with Crippen molar-refractivity contribution in [1.82, 2.24) is 4.98 Å². The van der Waals surface area contributed by atoms with Crippen molar-refractivity contribution in [3.63, 3.8) is 0 Å². The zero-order valence-corrected chi connectivity index (χ0v) is 16.8. The Balaban J connectivity index is 1.91. The van der Waals surface area contributed by atoms with Crippen molar-refractivity contribution in [3.8, 4) is 17.0 Å². The molecule has 0 saturated carbocycles. The minimum absolute atomic E-state index is 0.0155. The van der Waals surface area contributed by atoms with Crippen LogP contribution in [-0.4, -0.2) is 22.6 Å². The second-order valence-electron chi connectivity index (χ2n) is 6.14. The van der Waals surface area contributed by atoms with Crippen molar-refractivity contribution in [3.05, 3.63) is 69.7 Å². The van der Waals surface area contributed by atoms with Crippen LogP contribution in [-0.2, 0) is 6.18 Å². The molecule has 0 saturated heterocycles. The highest BCUT2D eigenvalue weighted by molar-refractivity contribution is 9.10. The van der Waals surface area contributed by atoms with E-state index in [9.17, 15) is 31.9 Å². The third kappa shape index (κ3) is 4.69. The normalized spacial score (nSPS) is 12.6. The van der Waals surface area contributed by atoms with E-state index in [1.54, 1.807) is 0 Å². The number of oxazole rings is 1. The fourth-order valence-electron chi connectivity index (χ4n) is 2.62. The molecule has 0 aliphatic rings. The summed E-state index contributed by atoms with van der Waals surface area (Å²) >= 11 is 3.08. The van der Waals surface area contributed by atoms with Crippen LogP contribution in [0.3, 0.4) is 0 Å². The van der Waals surface area contributed by atoms with Crippen LogP contribution in [0.1, 0.15) is 27.9 Å². The zero-order valence-electron chi connectivity index (χ0n) is 15.2. The summed E-state index contributed by atoms with van der Waals surface area (Å²) < 4.78 is 76.8. The first kappa shape index (κ1) is 22.7. The molecule has 3 N–H and O–H groups in total. The molecule has 31 heavy (non-hydrogen) atoms. The molecule has 0 radical (unpaired) electrons. The van der Waals surface area contributed by atoms with Gasteiger partial charge < -0.3 is 20.0 Å². The van der Waals surface area contributed by atoms with E-state index in [0.29, 0.717) is 0 Å². The summed E-state index contributed by atoms with van der Waals surface area (Å²) in [5.41, 5.74) is 3.44. The van der Waals surface area contributed by atoms with Gasteiger partial charge in [0.2, 0.25) is 5.89 Å². The lowest BCUT2D eigenvalue weighted by atomic mass is 10.1. The first-order valence-electron chi connectivity index (χ1n) is 8.42. The molecule has 2 aromatic carbocycles. The topological polar surface area (TPSA) is 98.6 Å². The van der Waals surface area contributed by atoms with Gasteiger partial charge in [-0.1, -0.05) is 12.1 Å². The minimum Gasteiger partial charge on any atom is -0.475 e. The Bertz CT molecular complexity index is 1120. The molecule has 0 aliphatic carbocycles. The molecule has 0 spiro atoms. The van der Waals surface area contributed by atoms with Gasteiger partial charge in [0.25, 0.3) is 5.91 Å². The number of aliphatic hydroxyl groups excluding tert-OH is 1. The summed E-state index contributed by atoms with van der Waals surface area (Å²) in [6.07, 6.45) is -5.90. The highest BCUT2D eigenvalue weighted by Crippen LogP contribution is 2.35. The van der Waals surface area contributed by atoms with Crippen LogP contribution in [0.15, 0.2) is 45.5 Å². The largest absolute Gasteiger partial charge is 0.475 e. The first-order chi connectivity index (χ1) is 14.5. The maximum absolute atomic E-state index is 14.4. The molecule has 0 bridgehead atoms. The number of primary amides is 1. The van der Waals surface area contributed by atoms with Crippen molar-refractivity contribution in [2.24, 2.45) is 5.73 Å². The van der Waals surface area contributed by atoms with Gasteiger partial charge in [-0.2, -0.15) is 13.2 Å². The predicted octanol–water partition coefficient (Wildman–Crippen LogP) is 4.61. The van der Waals surface area contributed by atoms with Crippen LogP contribution in [0.4, 0.5) is 22.0 Å². The lowest BCUT2D eigenvalue weighted by Crippen LogP contribution is -2.18. The van der Waals surface area contributed by atoms with Crippen LogP contribution >= 0.6 is 15.9 Å². The number of ether oxygens (including phenoxy) is 1. The summed E-state index contributed by atoms with van der Waals surface area (Å²) in [4.78, 5) is 15.3. The molecule has 1 aromatic heterocycles. The van der Waals surface area contributed by atoms with Crippen LogP contribution < -0.4 is 10.5 Å². The van der Waals surface area contributed by atoms with Crippen molar-refractivity contribution in [2.45, 2.75) is 12.3 Å². The maximum atomic E-state index is 14.4. The number of benzene rings is 2. The van der Waals surface area contributed by atoms with E-state index in [1.165, 1.54) is 12.1 Å². The molecule has 1 atom stereocenters. The van der Waals surface area contributed by atoms with E-state index in [-0.39, 0.29) is 21.8 Å². The fraction of sp³-hybridized carbons (Fsp3) is 0.158. The molecule has 164 valence electrons. The van der Waals surface area contributed by atoms with Crippen molar-refractivity contribution >= 4 is 21.8 Å². The monoisotopic (exact) mass is 506 g/mol. The van der Waals surface area contributed by atoms with Gasteiger partial charge in [0.1, 0.15) is 17.1 Å². The molecule has 6 nitrogen and oxygen atoms in total. The SMILES string of the molecule is NC(=O)c1c(F)ccc(O[C@H](CO)c2nc(-c3ccc(C(F)(F)F)cc3)c(Br)o2)c1F. The van der Waals surface area contributed by atoms with Gasteiger partial charge in [-0.25, -0.2) is 13.8 Å². The average Bonchev–Trinajstić information content (AvgIpc) is 3.08. The Kier molecular flexibility index (Phi) is 6.32. The number of alkyl halides is 3. The standard InChI is InChI=1S/C19H12BrF5N2O4/c20-16-15(8-1-3-9(4-2-8)19(23,24)25)27-18(31-16)12(7-28)30-11-6-5-10(21)13(14(11)22)17(26)29/h1-6,12,28H,7H2,(H2,26,29)/t12-/m1/s1. The summed E-state index contributed by atoms with van der Waals surface area (Å²) in [5, 5.41) is 9.61. The number of carbonyl (C=O) groups excluding carboxylic acids is 1. The van der Waals surface area contributed by atoms with Crippen LogP contribution in [0.5, 0.6) is 5.75 Å². The van der Waals surface area contributed by atoms with Crippen LogP contribution in [0.2, 0.25) is 0 Å². The molecule has 1 heterocycles. The summed E-state index contributed by atoms with van der Waals surface area (Å²) in [6, 6.07) is 5.69. The highest BCUT2D eigenvalue weighted by atomic mass is 79.9. The molecule has 3 rings (SSSR count). The average molecular weight is 507 g/mol. The molecule has 0 fully saturated rings.